The summed E-state index contributed by atoms with van der Waals surface area (Å²) in [5.74, 6) is 0.114. The largest absolute Gasteiger partial charge is 0.312 e. The second-order valence-electron chi connectivity index (χ2n) is 6.47. The number of nitrogens with one attached hydrogen (secondary N) is 1. The van der Waals surface area contributed by atoms with Gasteiger partial charge in [0.05, 0.1) is 26.3 Å². The van der Waals surface area contributed by atoms with E-state index in [1.165, 1.54) is 6.07 Å². The van der Waals surface area contributed by atoms with Gasteiger partial charge in [0.2, 0.25) is 5.91 Å². The minimum absolute atomic E-state index is 0.114. The molecular formula is C18H16Cl2N2O3S. The van der Waals surface area contributed by atoms with Gasteiger partial charge in [-0.2, -0.15) is 0 Å². The van der Waals surface area contributed by atoms with E-state index in [0.29, 0.717) is 30.1 Å². The van der Waals surface area contributed by atoms with Gasteiger partial charge in [-0.1, -0.05) is 23.2 Å². The third-order valence-electron chi connectivity index (χ3n) is 4.73. The summed E-state index contributed by atoms with van der Waals surface area (Å²) in [4.78, 5) is 14.1. The van der Waals surface area contributed by atoms with E-state index in [1.54, 1.807) is 29.2 Å². The van der Waals surface area contributed by atoms with Crippen molar-refractivity contribution in [2.45, 2.75) is 30.6 Å². The minimum Gasteiger partial charge on any atom is -0.312 e. The van der Waals surface area contributed by atoms with Gasteiger partial charge in [-0.05, 0) is 60.7 Å². The number of nitrogens with zero attached hydrogens (tertiary/aromatic N) is 1. The number of benzene rings is 2. The first kappa shape index (κ1) is 17.6. The molecule has 2 aromatic rings. The van der Waals surface area contributed by atoms with Crippen LogP contribution in [0.25, 0.3) is 0 Å². The molecule has 1 amide bonds. The van der Waals surface area contributed by atoms with E-state index in [0.717, 1.165) is 29.7 Å². The highest BCUT2D eigenvalue weighted by molar-refractivity contribution is 7.92. The number of aryl methyl sites for hydroxylation is 2. The Labute approximate surface area is 162 Å². The summed E-state index contributed by atoms with van der Waals surface area (Å²) in [5, 5.41) is 0.638. The molecule has 2 aliphatic heterocycles. The molecule has 0 fully saturated rings. The first-order chi connectivity index (χ1) is 12.3. The number of amides is 1. The zero-order valence-corrected chi connectivity index (χ0v) is 16.1. The maximum atomic E-state index is 12.8. The lowest BCUT2D eigenvalue weighted by Gasteiger charge is -2.35. The van der Waals surface area contributed by atoms with E-state index in [-0.39, 0.29) is 15.8 Å². The summed E-state index contributed by atoms with van der Waals surface area (Å²) >= 11 is 11.8. The van der Waals surface area contributed by atoms with E-state index in [9.17, 15) is 13.2 Å². The van der Waals surface area contributed by atoms with Crippen molar-refractivity contribution in [1.82, 2.24) is 0 Å². The Balaban J connectivity index is 1.73. The maximum Gasteiger partial charge on any atom is 0.261 e. The van der Waals surface area contributed by atoms with Crippen molar-refractivity contribution in [3.8, 4) is 0 Å². The van der Waals surface area contributed by atoms with Gasteiger partial charge in [-0.15, -0.1) is 0 Å². The number of hydrogen-bond donors (Lipinski definition) is 1. The number of rotatable bonds is 3. The quantitative estimate of drug-likeness (QED) is 0.830. The highest BCUT2D eigenvalue weighted by atomic mass is 35.5. The Bertz CT molecular complexity index is 1000. The van der Waals surface area contributed by atoms with Gasteiger partial charge in [0.1, 0.15) is 0 Å². The van der Waals surface area contributed by atoms with Crippen LogP contribution in [-0.4, -0.2) is 20.9 Å². The Morgan fingerprint density at radius 3 is 2.42 bits per heavy atom. The van der Waals surface area contributed by atoms with E-state index in [1.807, 2.05) is 0 Å². The lowest BCUT2D eigenvalue weighted by atomic mass is 9.92. The first-order valence-electron chi connectivity index (χ1n) is 8.29. The monoisotopic (exact) mass is 410 g/mol. The zero-order chi connectivity index (χ0) is 18.5. The molecular weight excluding hydrogens is 395 g/mol. The van der Waals surface area contributed by atoms with E-state index >= 15 is 0 Å². The van der Waals surface area contributed by atoms with Crippen molar-refractivity contribution in [2.75, 3.05) is 16.2 Å². The third-order valence-corrected chi connectivity index (χ3v) is 6.83. The molecule has 0 unspecified atom stereocenters. The SMILES string of the molecule is O=C1CCc2cc(S(=O)(=O)Nc3ccc(Cl)c(Cl)c3)cc3c2N1CCC3. The van der Waals surface area contributed by atoms with Crippen molar-refractivity contribution >= 4 is 50.5 Å². The molecule has 2 aromatic carbocycles. The van der Waals surface area contributed by atoms with Crippen LogP contribution in [0.1, 0.15) is 24.0 Å². The molecule has 0 atom stereocenters. The number of halogens is 2. The number of sulfonamides is 1. The fourth-order valence-electron chi connectivity index (χ4n) is 3.55. The first-order valence-corrected chi connectivity index (χ1v) is 10.5. The average molecular weight is 411 g/mol. The van der Waals surface area contributed by atoms with E-state index < -0.39 is 10.0 Å². The molecule has 5 nitrogen and oxygen atoms in total. The van der Waals surface area contributed by atoms with E-state index in [2.05, 4.69) is 4.72 Å². The molecule has 2 heterocycles. The number of carbonyl (C=O) groups excluding carboxylic acids is 1. The maximum absolute atomic E-state index is 12.8. The number of carbonyl (C=O) groups is 1. The predicted molar refractivity (Wildman–Crippen MR) is 103 cm³/mol. The van der Waals surface area contributed by atoms with Crippen LogP contribution in [0, 0.1) is 0 Å². The van der Waals surface area contributed by atoms with Crippen LogP contribution in [0.15, 0.2) is 35.2 Å². The smallest absolute Gasteiger partial charge is 0.261 e. The Morgan fingerprint density at radius 1 is 0.962 bits per heavy atom. The Kier molecular flexibility index (Phi) is 4.37. The summed E-state index contributed by atoms with van der Waals surface area (Å²) in [6.07, 6.45) is 2.58. The molecule has 2 aliphatic rings. The van der Waals surface area contributed by atoms with Crippen molar-refractivity contribution in [1.29, 1.82) is 0 Å². The third kappa shape index (κ3) is 3.06. The van der Waals surface area contributed by atoms with Gasteiger partial charge < -0.3 is 4.90 Å². The predicted octanol–water partition coefficient (Wildman–Crippen LogP) is 4.02. The average Bonchev–Trinajstić information content (AvgIpc) is 2.61. The summed E-state index contributed by atoms with van der Waals surface area (Å²) in [5.41, 5.74) is 3.08. The zero-order valence-electron chi connectivity index (χ0n) is 13.8. The van der Waals surface area contributed by atoms with Gasteiger partial charge >= 0.3 is 0 Å². The van der Waals surface area contributed by atoms with Gasteiger partial charge in [0.15, 0.2) is 0 Å². The fraction of sp³-hybridized carbons (Fsp3) is 0.278. The summed E-state index contributed by atoms with van der Waals surface area (Å²) in [7, 11) is -3.77. The van der Waals surface area contributed by atoms with Gasteiger partial charge in [-0.25, -0.2) is 8.42 Å². The second kappa shape index (κ2) is 6.44. The topological polar surface area (TPSA) is 66.5 Å². The molecule has 0 spiro atoms. The van der Waals surface area contributed by atoms with Crippen molar-refractivity contribution in [3.63, 3.8) is 0 Å². The van der Waals surface area contributed by atoms with Crippen LogP contribution in [0.3, 0.4) is 0 Å². The summed E-state index contributed by atoms with van der Waals surface area (Å²) in [6, 6.07) is 7.92. The lowest BCUT2D eigenvalue weighted by molar-refractivity contribution is -0.119. The van der Waals surface area contributed by atoms with Crippen molar-refractivity contribution < 1.29 is 13.2 Å². The van der Waals surface area contributed by atoms with Crippen LogP contribution in [0.4, 0.5) is 11.4 Å². The standard InChI is InChI=1S/C18H16Cl2N2O3S/c19-15-5-4-13(10-16(15)20)21-26(24,25)14-8-11-2-1-7-22-17(23)6-3-12(9-14)18(11)22/h4-5,8-10,21H,1-3,6-7H2. The van der Waals surface area contributed by atoms with Crippen molar-refractivity contribution in [2.24, 2.45) is 0 Å². The second-order valence-corrected chi connectivity index (χ2v) is 8.97. The van der Waals surface area contributed by atoms with Gasteiger partial charge in [0, 0.05) is 13.0 Å². The molecule has 8 heteroatoms. The molecule has 0 saturated heterocycles. The number of hydrogen-bond acceptors (Lipinski definition) is 3. The normalized spacial score (nSPS) is 16.4. The van der Waals surface area contributed by atoms with Crippen LogP contribution in [0.2, 0.25) is 10.0 Å². The van der Waals surface area contributed by atoms with Gasteiger partial charge in [-0.3, -0.25) is 9.52 Å². The Morgan fingerprint density at radius 2 is 1.69 bits per heavy atom. The van der Waals surface area contributed by atoms with Crippen molar-refractivity contribution in [3.05, 3.63) is 51.5 Å². The van der Waals surface area contributed by atoms with E-state index in [4.69, 9.17) is 23.2 Å². The molecule has 0 saturated carbocycles. The molecule has 0 bridgehead atoms. The van der Waals surface area contributed by atoms with Crippen LogP contribution >= 0.6 is 23.2 Å². The summed E-state index contributed by atoms with van der Waals surface area (Å²) < 4.78 is 28.2. The van der Waals surface area contributed by atoms with Crippen LogP contribution in [0.5, 0.6) is 0 Å². The molecule has 0 aromatic heterocycles. The highest BCUT2D eigenvalue weighted by Gasteiger charge is 2.31. The van der Waals surface area contributed by atoms with Gasteiger partial charge in [0.25, 0.3) is 10.0 Å². The molecule has 1 N–H and O–H groups in total. The molecule has 4 rings (SSSR count). The molecule has 26 heavy (non-hydrogen) atoms. The Hall–Kier alpha value is -1.76. The number of anilines is 2. The molecule has 0 aliphatic carbocycles. The fourth-order valence-corrected chi connectivity index (χ4v) is 5.00. The van der Waals surface area contributed by atoms with Crippen LogP contribution in [-0.2, 0) is 27.7 Å². The highest BCUT2D eigenvalue weighted by Crippen LogP contribution is 2.38. The summed E-state index contributed by atoms with van der Waals surface area (Å²) in [6.45, 7) is 0.701. The minimum atomic E-state index is -3.77. The molecule has 0 radical (unpaired) electrons. The molecule has 136 valence electrons. The van der Waals surface area contributed by atoms with Crippen LogP contribution < -0.4 is 9.62 Å². The lowest BCUT2D eigenvalue weighted by Crippen LogP contribution is -2.39.